The summed E-state index contributed by atoms with van der Waals surface area (Å²) in [5.74, 6) is 0.194. The number of hydrogen-bond donors (Lipinski definition) is 1. The number of nitrogens with one attached hydrogen (secondary N) is 1. The van der Waals surface area contributed by atoms with Crippen LogP contribution in [0.4, 0.5) is 10.2 Å². The highest BCUT2D eigenvalue weighted by Gasteiger charge is 2.08. The Balaban J connectivity index is 2.50. The molecular formula is C10H9ClFN3. The largest absolute Gasteiger partial charge is 0.370 e. The Morgan fingerprint density at radius 2 is 2.13 bits per heavy atom. The highest BCUT2D eigenvalue weighted by atomic mass is 35.5. The summed E-state index contributed by atoms with van der Waals surface area (Å²) in [7, 11) is 1.71. The van der Waals surface area contributed by atoms with Gasteiger partial charge in [0.1, 0.15) is 16.5 Å². The molecule has 5 heteroatoms. The summed E-state index contributed by atoms with van der Waals surface area (Å²) in [4.78, 5) is 0. The van der Waals surface area contributed by atoms with E-state index in [0.29, 0.717) is 16.5 Å². The maximum atomic E-state index is 13.4. The molecule has 0 saturated carbocycles. The molecule has 0 saturated heterocycles. The molecule has 78 valence electrons. The van der Waals surface area contributed by atoms with Crippen molar-refractivity contribution in [3.63, 3.8) is 0 Å². The lowest BCUT2D eigenvalue weighted by Crippen LogP contribution is -1.99. The van der Waals surface area contributed by atoms with Gasteiger partial charge in [-0.25, -0.2) is 9.07 Å². The van der Waals surface area contributed by atoms with Crippen molar-refractivity contribution in [3.8, 4) is 5.69 Å². The van der Waals surface area contributed by atoms with E-state index in [2.05, 4.69) is 10.4 Å². The Labute approximate surface area is 91.5 Å². The minimum absolute atomic E-state index is 0.334. The van der Waals surface area contributed by atoms with Gasteiger partial charge >= 0.3 is 0 Å². The van der Waals surface area contributed by atoms with Crippen LogP contribution in [0.1, 0.15) is 0 Å². The van der Waals surface area contributed by atoms with Crippen LogP contribution in [0.3, 0.4) is 0 Å². The van der Waals surface area contributed by atoms with Crippen LogP contribution >= 0.6 is 11.6 Å². The van der Waals surface area contributed by atoms with Gasteiger partial charge in [0.25, 0.3) is 0 Å². The molecule has 1 aromatic carbocycles. The SMILES string of the molecule is CNc1nn(-c2ccccc2F)cc1Cl. The molecule has 0 aliphatic carbocycles. The van der Waals surface area contributed by atoms with E-state index in [1.165, 1.54) is 10.7 Å². The van der Waals surface area contributed by atoms with Crippen LogP contribution in [0.5, 0.6) is 0 Å². The molecule has 1 heterocycles. The fourth-order valence-corrected chi connectivity index (χ4v) is 1.51. The molecule has 0 atom stereocenters. The molecule has 0 aliphatic heterocycles. The van der Waals surface area contributed by atoms with Crippen LogP contribution in [-0.2, 0) is 0 Å². The first kappa shape index (κ1) is 9.98. The molecule has 0 aliphatic rings. The second-order valence-electron chi connectivity index (χ2n) is 2.97. The molecule has 0 bridgehead atoms. The van der Waals surface area contributed by atoms with Crippen LogP contribution < -0.4 is 5.32 Å². The molecule has 1 aromatic heterocycles. The van der Waals surface area contributed by atoms with E-state index in [4.69, 9.17) is 11.6 Å². The van der Waals surface area contributed by atoms with Crippen molar-refractivity contribution in [1.29, 1.82) is 0 Å². The number of nitrogens with zero attached hydrogens (tertiary/aromatic N) is 2. The first-order valence-corrected chi connectivity index (χ1v) is 4.78. The van der Waals surface area contributed by atoms with Gasteiger partial charge in [0.15, 0.2) is 5.82 Å². The summed E-state index contributed by atoms with van der Waals surface area (Å²) in [6, 6.07) is 6.39. The first-order chi connectivity index (χ1) is 7.22. The smallest absolute Gasteiger partial charge is 0.167 e. The van der Waals surface area contributed by atoms with Crippen molar-refractivity contribution in [3.05, 3.63) is 41.3 Å². The molecule has 0 radical (unpaired) electrons. The molecule has 15 heavy (non-hydrogen) atoms. The van der Waals surface area contributed by atoms with Crippen molar-refractivity contribution >= 4 is 17.4 Å². The second kappa shape index (κ2) is 3.90. The van der Waals surface area contributed by atoms with Crippen molar-refractivity contribution in [2.24, 2.45) is 0 Å². The number of para-hydroxylation sites is 1. The third kappa shape index (κ3) is 1.80. The van der Waals surface area contributed by atoms with E-state index < -0.39 is 0 Å². The van der Waals surface area contributed by atoms with E-state index in [0.717, 1.165) is 0 Å². The number of benzene rings is 1. The highest BCUT2D eigenvalue weighted by molar-refractivity contribution is 6.32. The quantitative estimate of drug-likeness (QED) is 0.852. The fourth-order valence-electron chi connectivity index (χ4n) is 1.28. The normalized spacial score (nSPS) is 10.3. The maximum absolute atomic E-state index is 13.4. The molecule has 1 N–H and O–H groups in total. The van der Waals surface area contributed by atoms with Crippen LogP contribution in [0, 0.1) is 5.82 Å². The molecule has 2 rings (SSSR count). The van der Waals surface area contributed by atoms with Gasteiger partial charge in [0.05, 0.1) is 6.20 Å². The summed E-state index contributed by atoms with van der Waals surface area (Å²) >= 11 is 5.88. The zero-order valence-electron chi connectivity index (χ0n) is 8.04. The highest BCUT2D eigenvalue weighted by Crippen LogP contribution is 2.22. The summed E-state index contributed by atoms with van der Waals surface area (Å²) in [6.07, 6.45) is 1.56. The van der Waals surface area contributed by atoms with Gasteiger partial charge in [0.2, 0.25) is 0 Å². The number of aromatic nitrogens is 2. The van der Waals surface area contributed by atoms with Crippen molar-refractivity contribution < 1.29 is 4.39 Å². The predicted octanol–water partition coefficient (Wildman–Crippen LogP) is 2.71. The van der Waals surface area contributed by atoms with Crippen LogP contribution in [0.2, 0.25) is 5.02 Å². The van der Waals surface area contributed by atoms with Gasteiger partial charge in [-0.3, -0.25) is 0 Å². The Bertz CT molecular complexity index is 481. The summed E-state index contributed by atoms with van der Waals surface area (Å²) in [6.45, 7) is 0. The minimum Gasteiger partial charge on any atom is -0.370 e. The van der Waals surface area contributed by atoms with Gasteiger partial charge in [-0.1, -0.05) is 23.7 Å². The Kier molecular flexibility index (Phi) is 2.60. The zero-order valence-corrected chi connectivity index (χ0v) is 8.79. The molecule has 0 unspecified atom stereocenters. The lowest BCUT2D eigenvalue weighted by Gasteiger charge is -2.01. The van der Waals surface area contributed by atoms with Crippen LogP contribution in [0.15, 0.2) is 30.5 Å². The average Bonchev–Trinajstić information content (AvgIpc) is 2.60. The second-order valence-corrected chi connectivity index (χ2v) is 3.38. The van der Waals surface area contributed by atoms with Crippen molar-refractivity contribution in [1.82, 2.24) is 9.78 Å². The van der Waals surface area contributed by atoms with Crippen LogP contribution in [-0.4, -0.2) is 16.8 Å². The van der Waals surface area contributed by atoms with E-state index in [9.17, 15) is 4.39 Å². The standard InChI is InChI=1S/C10H9ClFN3/c1-13-10-7(11)6-15(14-10)9-5-3-2-4-8(9)12/h2-6H,1H3,(H,13,14). The lowest BCUT2D eigenvalue weighted by atomic mass is 10.3. The average molecular weight is 226 g/mol. The van der Waals surface area contributed by atoms with Gasteiger partial charge in [-0.2, -0.15) is 0 Å². The monoisotopic (exact) mass is 225 g/mol. The Morgan fingerprint density at radius 1 is 1.40 bits per heavy atom. The van der Waals surface area contributed by atoms with E-state index in [-0.39, 0.29) is 5.82 Å². The fraction of sp³-hybridized carbons (Fsp3) is 0.100. The molecule has 0 amide bonds. The van der Waals surface area contributed by atoms with Crippen LogP contribution in [0.25, 0.3) is 5.69 Å². The summed E-state index contributed by atoms with van der Waals surface area (Å²) in [5, 5.41) is 7.37. The number of hydrogen-bond acceptors (Lipinski definition) is 2. The molecule has 2 aromatic rings. The minimum atomic E-state index is -0.334. The third-order valence-corrected chi connectivity index (χ3v) is 2.28. The topological polar surface area (TPSA) is 29.9 Å². The lowest BCUT2D eigenvalue weighted by molar-refractivity contribution is 0.611. The number of anilines is 1. The van der Waals surface area contributed by atoms with E-state index >= 15 is 0 Å². The molecule has 0 spiro atoms. The predicted molar refractivity (Wildman–Crippen MR) is 58.1 cm³/mol. The van der Waals surface area contributed by atoms with Gasteiger partial charge in [-0.05, 0) is 12.1 Å². The maximum Gasteiger partial charge on any atom is 0.167 e. The molecule has 0 fully saturated rings. The third-order valence-electron chi connectivity index (χ3n) is 2.01. The molecular weight excluding hydrogens is 217 g/mol. The number of halogens is 2. The zero-order chi connectivity index (χ0) is 10.8. The van der Waals surface area contributed by atoms with Gasteiger partial charge < -0.3 is 5.32 Å². The van der Waals surface area contributed by atoms with Crippen molar-refractivity contribution in [2.45, 2.75) is 0 Å². The summed E-state index contributed by atoms with van der Waals surface area (Å²) in [5.41, 5.74) is 0.376. The van der Waals surface area contributed by atoms with Gasteiger partial charge in [-0.15, -0.1) is 5.10 Å². The Hall–Kier alpha value is -1.55. The summed E-state index contributed by atoms with van der Waals surface area (Å²) < 4.78 is 14.8. The van der Waals surface area contributed by atoms with Gasteiger partial charge in [0, 0.05) is 7.05 Å². The molecule has 3 nitrogen and oxygen atoms in total. The first-order valence-electron chi connectivity index (χ1n) is 4.40. The Morgan fingerprint density at radius 3 is 2.73 bits per heavy atom. The van der Waals surface area contributed by atoms with E-state index in [1.54, 1.807) is 31.4 Å². The van der Waals surface area contributed by atoms with E-state index in [1.807, 2.05) is 0 Å². The number of rotatable bonds is 2. The van der Waals surface area contributed by atoms with Crippen molar-refractivity contribution in [2.75, 3.05) is 12.4 Å².